The molecular weight excluding hydrogens is 186 g/mol. The Hall–Kier alpha value is -1.05. The second kappa shape index (κ2) is 2.55. The van der Waals surface area contributed by atoms with Crippen LogP contribution in [0.1, 0.15) is 39.3 Å². The number of rotatable bonds is 1. The molecule has 1 aromatic rings. The summed E-state index contributed by atoms with van der Waals surface area (Å²) in [6, 6.07) is 1.98. The summed E-state index contributed by atoms with van der Waals surface area (Å²) < 4.78 is 4.96. The Labute approximate surface area is 90.3 Å². The summed E-state index contributed by atoms with van der Waals surface area (Å²) in [7, 11) is 0. The van der Waals surface area contributed by atoms with Crippen LogP contribution in [0.2, 0.25) is 0 Å². The van der Waals surface area contributed by atoms with Gasteiger partial charge in [0.2, 0.25) is 0 Å². The van der Waals surface area contributed by atoms with Crippen molar-refractivity contribution in [2.24, 2.45) is 16.7 Å². The molecule has 0 amide bonds. The highest BCUT2D eigenvalue weighted by Gasteiger charge is 2.57. The van der Waals surface area contributed by atoms with Crippen LogP contribution < -0.4 is 0 Å². The quantitative estimate of drug-likeness (QED) is 0.698. The summed E-state index contributed by atoms with van der Waals surface area (Å²) >= 11 is 0. The van der Waals surface area contributed by atoms with Gasteiger partial charge in [0.15, 0.2) is 0 Å². The molecule has 2 unspecified atom stereocenters. The van der Waals surface area contributed by atoms with Crippen molar-refractivity contribution in [3.8, 4) is 0 Å². The standard InChI is InChI=1S/C13H17NO/c1-12(2)9-4-6-13(12,3)10(8-9)11-5-7-15-14-11/h5,7-9H,4,6H2,1-3H3. The topological polar surface area (TPSA) is 26.0 Å². The molecule has 1 heterocycles. The molecule has 3 rings (SSSR count). The molecule has 80 valence electrons. The molecule has 15 heavy (non-hydrogen) atoms. The molecule has 2 bridgehead atoms. The third-order valence-electron chi connectivity index (χ3n) is 4.98. The lowest BCUT2D eigenvalue weighted by atomic mass is 9.67. The fraction of sp³-hybridized carbons (Fsp3) is 0.615. The van der Waals surface area contributed by atoms with E-state index in [0.717, 1.165) is 5.69 Å². The van der Waals surface area contributed by atoms with Crippen molar-refractivity contribution in [3.63, 3.8) is 0 Å². The van der Waals surface area contributed by atoms with Crippen molar-refractivity contribution >= 4 is 5.57 Å². The summed E-state index contributed by atoms with van der Waals surface area (Å²) in [4.78, 5) is 0. The number of hydrogen-bond acceptors (Lipinski definition) is 2. The van der Waals surface area contributed by atoms with E-state index in [4.69, 9.17) is 4.52 Å². The zero-order chi connectivity index (χ0) is 10.7. The fourth-order valence-corrected chi connectivity index (χ4v) is 3.41. The smallest absolute Gasteiger partial charge is 0.124 e. The van der Waals surface area contributed by atoms with Gasteiger partial charge in [0.05, 0.1) is 0 Å². The number of fused-ring (bicyclic) bond motifs is 2. The van der Waals surface area contributed by atoms with E-state index in [-0.39, 0.29) is 5.41 Å². The zero-order valence-electron chi connectivity index (χ0n) is 9.58. The molecule has 0 aromatic carbocycles. The summed E-state index contributed by atoms with van der Waals surface area (Å²) in [6.45, 7) is 7.14. The number of allylic oxidation sites excluding steroid dienone is 2. The van der Waals surface area contributed by atoms with Crippen LogP contribution in [-0.4, -0.2) is 5.16 Å². The van der Waals surface area contributed by atoms with Crippen molar-refractivity contribution in [1.82, 2.24) is 5.16 Å². The Kier molecular flexibility index (Phi) is 1.56. The van der Waals surface area contributed by atoms with Gasteiger partial charge in [-0.15, -0.1) is 0 Å². The SMILES string of the molecule is CC12CCC(C=C1c1ccon1)C2(C)C. The minimum absolute atomic E-state index is 0.286. The molecule has 1 saturated carbocycles. The third kappa shape index (κ3) is 0.926. The van der Waals surface area contributed by atoms with Crippen LogP contribution in [0.5, 0.6) is 0 Å². The van der Waals surface area contributed by atoms with Crippen LogP contribution in [0.3, 0.4) is 0 Å². The van der Waals surface area contributed by atoms with E-state index in [2.05, 4.69) is 32.0 Å². The lowest BCUT2D eigenvalue weighted by molar-refractivity contribution is 0.189. The molecule has 2 nitrogen and oxygen atoms in total. The van der Waals surface area contributed by atoms with Crippen molar-refractivity contribution in [1.29, 1.82) is 0 Å². The average molecular weight is 203 g/mol. The Morgan fingerprint density at radius 3 is 2.67 bits per heavy atom. The molecule has 2 aliphatic carbocycles. The fourth-order valence-electron chi connectivity index (χ4n) is 3.41. The van der Waals surface area contributed by atoms with Crippen molar-refractivity contribution in [3.05, 3.63) is 24.1 Å². The lowest BCUT2D eigenvalue weighted by Gasteiger charge is -2.36. The maximum Gasteiger partial charge on any atom is 0.124 e. The lowest BCUT2D eigenvalue weighted by Crippen LogP contribution is -2.29. The summed E-state index contributed by atoms with van der Waals surface area (Å²) in [5.41, 5.74) is 3.10. The van der Waals surface area contributed by atoms with Crippen LogP contribution in [0.4, 0.5) is 0 Å². The normalized spacial score (nSPS) is 37.0. The molecule has 0 radical (unpaired) electrons. The molecule has 0 N–H and O–H groups in total. The molecule has 0 aliphatic heterocycles. The van der Waals surface area contributed by atoms with Crippen molar-refractivity contribution in [2.45, 2.75) is 33.6 Å². The minimum atomic E-state index is 0.286. The van der Waals surface area contributed by atoms with Gasteiger partial charge in [-0.05, 0) is 29.7 Å². The predicted octanol–water partition coefficient (Wildman–Crippen LogP) is 3.51. The zero-order valence-corrected chi connectivity index (χ0v) is 9.58. The van der Waals surface area contributed by atoms with Gasteiger partial charge in [0, 0.05) is 11.5 Å². The molecule has 2 aliphatic rings. The largest absolute Gasteiger partial charge is 0.364 e. The monoisotopic (exact) mass is 203 g/mol. The van der Waals surface area contributed by atoms with E-state index in [1.165, 1.54) is 18.4 Å². The first-order chi connectivity index (χ1) is 7.06. The first-order valence-electron chi connectivity index (χ1n) is 5.69. The van der Waals surface area contributed by atoms with Gasteiger partial charge >= 0.3 is 0 Å². The van der Waals surface area contributed by atoms with E-state index >= 15 is 0 Å². The number of aromatic nitrogens is 1. The Balaban J connectivity index is 2.12. The molecule has 2 heteroatoms. The molecule has 1 aromatic heterocycles. The van der Waals surface area contributed by atoms with Gasteiger partial charge in [-0.1, -0.05) is 32.0 Å². The minimum Gasteiger partial charge on any atom is -0.364 e. The van der Waals surface area contributed by atoms with Gasteiger partial charge in [-0.2, -0.15) is 0 Å². The number of nitrogens with zero attached hydrogens (tertiary/aromatic N) is 1. The van der Waals surface area contributed by atoms with Crippen LogP contribution in [-0.2, 0) is 0 Å². The summed E-state index contributed by atoms with van der Waals surface area (Å²) in [5.74, 6) is 0.717. The Bertz CT molecular complexity index is 416. The van der Waals surface area contributed by atoms with Crippen molar-refractivity contribution < 1.29 is 4.52 Å². The molecule has 1 fully saturated rings. The number of hydrogen-bond donors (Lipinski definition) is 0. The van der Waals surface area contributed by atoms with Crippen LogP contribution in [0.15, 0.2) is 22.9 Å². The second-order valence-electron chi connectivity index (χ2n) is 5.66. The van der Waals surface area contributed by atoms with E-state index < -0.39 is 0 Å². The predicted molar refractivity (Wildman–Crippen MR) is 59.1 cm³/mol. The Morgan fingerprint density at radius 2 is 2.20 bits per heavy atom. The van der Waals surface area contributed by atoms with E-state index in [9.17, 15) is 0 Å². The van der Waals surface area contributed by atoms with Gasteiger partial charge in [0.1, 0.15) is 12.0 Å². The van der Waals surface area contributed by atoms with Crippen LogP contribution in [0, 0.1) is 16.7 Å². The van der Waals surface area contributed by atoms with Gasteiger partial charge in [0.25, 0.3) is 0 Å². The molecular formula is C13H17NO. The highest BCUT2D eigenvalue weighted by Crippen LogP contribution is 2.67. The highest BCUT2D eigenvalue weighted by molar-refractivity contribution is 5.72. The second-order valence-corrected chi connectivity index (χ2v) is 5.66. The van der Waals surface area contributed by atoms with Crippen molar-refractivity contribution in [2.75, 3.05) is 0 Å². The maximum atomic E-state index is 4.96. The first-order valence-corrected chi connectivity index (χ1v) is 5.69. The molecule has 0 saturated heterocycles. The van der Waals surface area contributed by atoms with Gasteiger partial charge in [-0.25, -0.2) is 0 Å². The first kappa shape index (κ1) is 9.20. The highest BCUT2D eigenvalue weighted by atomic mass is 16.5. The summed E-state index contributed by atoms with van der Waals surface area (Å²) in [6.07, 6.45) is 6.69. The van der Waals surface area contributed by atoms with Gasteiger partial charge < -0.3 is 4.52 Å². The molecule has 2 atom stereocenters. The third-order valence-corrected chi connectivity index (χ3v) is 4.98. The van der Waals surface area contributed by atoms with Gasteiger partial charge in [-0.3, -0.25) is 0 Å². The van der Waals surface area contributed by atoms with Crippen LogP contribution >= 0.6 is 0 Å². The molecule has 0 spiro atoms. The van der Waals surface area contributed by atoms with E-state index in [0.29, 0.717) is 11.3 Å². The van der Waals surface area contributed by atoms with Crippen LogP contribution in [0.25, 0.3) is 5.57 Å². The maximum absolute atomic E-state index is 4.96. The Morgan fingerprint density at radius 1 is 1.40 bits per heavy atom. The van der Waals surface area contributed by atoms with E-state index in [1.54, 1.807) is 6.26 Å². The summed E-state index contributed by atoms with van der Waals surface area (Å²) in [5, 5.41) is 4.08. The van der Waals surface area contributed by atoms with E-state index in [1.807, 2.05) is 6.07 Å². The average Bonchev–Trinajstić information content (AvgIpc) is 2.80.